The molecule has 0 radical (unpaired) electrons. The van der Waals surface area contributed by atoms with Gasteiger partial charge < -0.3 is 15.2 Å². The minimum absolute atomic E-state index is 0. The standard InChI is InChI=1S/C13H19N3O.ClH/c1-15-6-2-3-12(15)13(17)16-7-9-4-5-11(14)10(9)8-16;/h2-3,6,9-11H,4-5,7-8,14H2,1H3;1H. The zero-order valence-electron chi connectivity index (χ0n) is 10.6. The fourth-order valence-corrected chi connectivity index (χ4v) is 3.32. The van der Waals surface area contributed by atoms with E-state index in [1.54, 1.807) is 0 Å². The molecule has 100 valence electrons. The minimum atomic E-state index is 0. The second kappa shape index (κ2) is 4.94. The van der Waals surface area contributed by atoms with Gasteiger partial charge in [0.25, 0.3) is 5.91 Å². The van der Waals surface area contributed by atoms with E-state index in [0.717, 1.165) is 25.2 Å². The number of nitrogens with two attached hydrogens (primary N) is 1. The van der Waals surface area contributed by atoms with Gasteiger partial charge in [-0.25, -0.2) is 0 Å². The maximum Gasteiger partial charge on any atom is 0.270 e. The number of halogens is 1. The molecule has 1 aromatic rings. The first-order valence-electron chi connectivity index (χ1n) is 6.33. The molecule has 1 aromatic heterocycles. The molecule has 3 rings (SSSR count). The summed E-state index contributed by atoms with van der Waals surface area (Å²) in [4.78, 5) is 14.3. The first kappa shape index (κ1) is 13.4. The van der Waals surface area contributed by atoms with Crippen molar-refractivity contribution >= 4 is 18.3 Å². The third-order valence-corrected chi connectivity index (χ3v) is 4.36. The molecule has 0 bridgehead atoms. The maximum atomic E-state index is 12.3. The molecule has 1 aliphatic carbocycles. The smallest absolute Gasteiger partial charge is 0.270 e. The SMILES string of the molecule is Cl.Cn1cccc1C(=O)N1CC2CCC(N)C2C1. The van der Waals surface area contributed by atoms with Crippen LogP contribution in [0, 0.1) is 11.8 Å². The first-order valence-corrected chi connectivity index (χ1v) is 6.33. The van der Waals surface area contributed by atoms with Gasteiger partial charge in [0.05, 0.1) is 0 Å². The Hall–Kier alpha value is -1.00. The van der Waals surface area contributed by atoms with Gasteiger partial charge in [-0.1, -0.05) is 0 Å². The molecule has 1 amide bonds. The fraction of sp³-hybridized carbons (Fsp3) is 0.615. The number of rotatable bonds is 1. The van der Waals surface area contributed by atoms with Crippen molar-refractivity contribution in [3.05, 3.63) is 24.0 Å². The summed E-state index contributed by atoms with van der Waals surface area (Å²) < 4.78 is 1.89. The van der Waals surface area contributed by atoms with Crippen molar-refractivity contribution in [1.82, 2.24) is 9.47 Å². The van der Waals surface area contributed by atoms with Crippen LogP contribution in [-0.4, -0.2) is 34.5 Å². The van der Waals surface area contributed by atoms with E-state index >= 15 is 0 Å². The third kappa shape index (κ3) is 2.04. The quantitative estimate of drug-likeness (QED) is 0.834. The highest BCUT2D eigenvalue weighted by Gasteiger charge is 2.42. The predicted molar refractivity (Wildman–Crippen MR) is 72.8 cm³/mol. The molecule has 1 saturated carbocycles. The summed E-state index contributed by atoms with van der Waals surface area (Å²) in [7, 11) is 1.91. The van der Waals surface area contributed by atoms with Crippen LogP contribution in [0.25, 0.3) is 0 Å². The number of aryl methyl sites for hydroxylation is 1. The lowest BCUT2D eigenvalue weighted by atomic mass is 9.98. The van der Waals surface area contributed by atoms with Gasteiger partial charge in [0.1, 0.15) is 5.69 Å². The molecule has 2 aliphatic rings. The summed E-state index contributed by atoms with van der Waals surface area (Å²) in [5.74, 6) is 1.31. The summed E-state index contributed by atoms with van der Waals surface area (Å²) in [5.41, 5.74) is 6.86. The van der Waals surface area contributed by atoms with Crippen LogP contribution in [0.15, 0.2) is 18.3 Å². The number of amides is 1. The van der Waals surface area contributed by atoms with E-state index in [1.165, 1.54) is 6.42 Å². The largest absolute Gasteiger partial charge is 0.347 e. The van der Waals surface area contributed by atoms with Gasteiger partial charge in [0, 0.05) is 32.4 Å². The van der Waals surface area contributed by atoms with E-state index in [0.29, 0.717) is 17.9 Å². The molecule has 4 nitrogen and oxygen atoms in total. The Bertz CT molecular complexity index is 445. The topological polar surface area (TPSA) is 51.3 Å². The van der Waals surface area contributed by atoms with E-state index in [-0.39, 0.29) is 18.3 Å². The Kier molecular flexibility index (Phi) is 3.69. The molecule has 1 aliphatic heterocycles. The van der Waals surface area contributed by atoms with E-state index in [1.807, 2.05) is 34.8 Å². The number of carbonyl (C=O) groups is 1. The van der Waals surface area contributed by atoms with Gasteiger partial charge in [0.15, 0.2) is 0 Å². The average molecular weight is 270 g/mol. The Balaban J connectivity index is 0.00000120. The van der Waals surface area contributed by atoms with Gasteiger partial charge in [-0.3, -0.25) is 4.79 Å². The van der Waals surface area contributed by atoms with Crippen molar-refractivity contribution in [3.8, 4) is 0 Å². The highest BCUT2D eigenvalue weighted by Crippen LogP contribution is 2.37. The van der Waals surface area contributed by atoms with Crippen LogP contribution in [0.3, 0.4) is 0 Å². The zero-order valence-corrected chi connectivity index (χ0v) is 11.4. The fourth-order valence-electron chi connectivity index (χ4n) is 3.32. The summed E-state index contributed by atoms with van der Waals surface area (Å²) in [6.07, 6.45) is 4.22. The van der Waals surface area contributed by atoms with Crippen molar-refractivity contribution in [2.45, 2.75) is 18.9 Å². The van der Waals surface area contributed by atoms with Crippen LogP contribution >= 0.6 is 12.4 Å². The van der Waals surface area contributed by atoms with Crippen molar-refractivity contribution < 1.29 is 4.79 Å². The molecular formula is C13H20ClN3O. The Morgan fingerprint density at radius 3 is 2.78 bits per heavy atom. The van der Waals surface area contributed by atoms with Crippen molar-refractivity contribution in [1.29, 1.82) is 0 Å². The van der Waals surface area contributed by atoms with Crippen LogP contribution in [0.2, 0.25) is 0 Å². The molecule has 2 fully saturated rings. The Morgan fingerprint density at radius 1 is 1.39 bits per heavy atom. The lowest BCUT2D eigenvalue weighted by molar-refractivity contribution is 0.0770. The minimum Gasteiger partial charge on any atom is -0.347 e. The summed E-state index contributed by atoms with van der Waals surface area (Å²) in [5, 5.41) is 0. The number of aromatic nitrogens is 1. The molecule has 2 N–H and O–H groups in total. The molecule has 0 spiro atoms. The van der Waals surface area contributed by atoms with Gasteiger partial charge in [-0.2, -0.15) is 0 Å². The average Bonchev–Trinajstić information content (AvgIpc) is 2.96. The number of hydrogen-bond donors (Lipinski definition) is 1. The number of fused-ring (bicyclic) bond motifs is 1. The Labute approximate surface area is 114 Å². The molecule has 18 heavy (non-hydrogen) atoms. The highest BCUT2D eigenvalue weighted by atomic mass is 35.5. The molecule has 0 aromatic carbocycles. The molecule has 3 atom stereocenters. The van der Waals surface area contributed by atoms with Crippen LogP contribution in [0.5, 0.6) is 0 Å². The van der Waals surface area contributed by atoms with Crippen molar-refractivity contribution in [3.63, 3.8) is 0 Å². The van der Waals surface area contributed by atoms with E-state index in [2.05, 4.69) is 0 Å². The summed E-state index contributed by atoms with van der Waals surface area (Å²) >= 11 is 0. The van der Waals surface area contributed by atoms with Crippen molar-refractivity contribution in [2.24, 2.45) is 24.6 Å². The lowest BCUT2D eigenvalue weighted by Crippen LogP contribution is -2.34. The zero-order chi connectivity index (χ0) is 12.0. The summed E-state index contributed by atoms with van der Waals surface area (Å²) in [6, 6.07) is 4.10. The van der Waals surface area contributed by atoms with Crippen LogP contribution in [0.4, 0.5) is 0 Å². The predicted octanol–water partition coefficient (Wildman–Crippen LogP) is 1.26. The molecule has 3 unspecified atom stereocenters. The normalized spacial score (nSPS) is 30.1. The number of hydrogen-bond acceptors (Lipinski definition) is 2. The summed E-state index contributed by atoms with van der Waals surface area (Å²) in [6.45, 7) is 1.73. The second-order valence-electron chi connectivity index (χ2n) is 5.38. The van der Waals surface area contributed by atoms with E-state index in [9.17, 15) is 4.79 Å². The van der Waals surface area contributed by atoms with E-state index < -0.39 is 0 Å². The third-order valence-electron chi connectivity index (χ3n) is 4.36. The van der Waals surface area contributed by atoms with Gasteiger partial charge >= 0.3 is 0 Å². The van der Waals surface area contributed by atoms with E-state index in [4.69, 9.17) is 5.73 Å². The number of nitrogens with zero attached hydrogens (tertiary/aromatic N) is 2. The number of likely N-dealkylation sites (tertiary alicyclic amines) is 1. The number of carbonyl (C=O) groups excluding carboxylic acids is 1. The molecule has 2 heterocycles. The highest BCUT2D eigenvalue weighted by molar-refractivity contribution is 5.93. The van der Waals surface area contributed by atoms with Crippen LogP contribution in [0.1, 0.15) is 23.3 Å². The Morgan fingerprint density at radius 2 is 2.17 bits per heavy atom. The second-order valence-corrected chi connectivity index (χ2v) is 5.38. The van der Waals surface area contributed by atoms with Crippen LogP contribution < -0.4 is 5.73 Å². The van der Waals surface area contributed by atoms with Crippen molar-refractivity contribution in [2.75, 3.05) is 13.1 Å². The van der Waals surface area contributed by atoms with Gasteiger partial charge in [-0.15, -0.1) is 12.4 Å². The first-order chi connectivity index (χ1) is 8.16. The maximum absolute atomic E-state index is 12.3. The van der Waals surface area contributed by atoms with Crippen LogP contribution in [-0.2, 0) is 7.05 Å². The van der Waals surface area contributed by atoms with Gasteiger partial charge in [-0.05, 0) is 36.8 Å². The monoisotopic (exact) mass is 269 g/mol. The van der Waals surface area contributed by atoms with Gasteiger partial charge in [0.2, 0.25) is 0 Å². The molecule has 1 saturated heterocycles. The molecule has 5 heteroatoms. The lowest BCUT2D eigenvalue weighted by Gasteiger charge is -2.19. The molecular weight excluding hydrogens is 250 g/mol.